The lowest BCUT2D eigenvalue weighted by Crippen LogP contribution is -2.09. The van der Waals surface area contributed by atoms with Gasteiger partial charge in [0, 0.05) is 19.0 Å². The quantitative estimate of drug-likeness (QED) is 0.635. The number of rotatable bonds is 6. The second-order valence-electron chi connectivity index (χ2n) is 4.34. The first-order valence-corrected chi connectivity index (χ1v) is 7.40. The zero-order valence-corrected chi connectivity index (χ0v) is 12.7. The molecule has 114 valence electrons. The van der Waals surface area contributed by atoms with E-state index in [1.807, 2.05) is 17.6 Å². The lowest BCUT2D eigenvalue weighted by Gasteiger charge is -2.07. The van der Waals surface area contributed by atoms with Crippen LogP contribution in [-0.2, 0) is 13.0 Å². The van der Waals surface area contributed by atoms with Gasteiger partial charge in [-0.05, 0) is 37.4 Å². The molecule has 2 N–H and O–H groups in total. The molecule has 2 aromatic rings. The van der Waals surface area contributed by atoms with Crippen molar-refractivity contribution >= 4 is 17.4 Å². The SMILES string of the molecule is CCn1c(CCN)nnc1Sc1ccc(C#N)cc1[N+](=O)[O-]. The minimum atomic E-state index is -0.503. The molecule has 1 aromatic carbocycles. The predicted octanol–water partition coefficient (Wildman–Crippen LogP) is 1.73. The summed E-state index contributed by atoms with van der Waals surface area (Å²) in [7, 11) is 0. The summed E-state index contributed by atoms with van der Waals surface area (Å²) in [5.74, 6) is 0.754. The van der Waals surface area contributed by atoms with Crippen LogP contribution >= 0.6 is 11.8 Å². The number of hydrogen-bond acceptors (Lipinski definition) is 7. The summed E-state index contributed by atoms with van der Waals surface area (Å²) in [6.45, 7) is 3.05. The van der Waals surface area contributed by atoms with E-state index in [0.29, 0.717) is 29.6 Å². The topological polar surface area (TPSA) is 124 Å². The number of nitriles is 1. The predicted molar refractivity (Wildman–Crippen MR) is 80.4 cm³/mol. The normalized spacial score (nSPS) is 10.4. The Morgan fingerprint density at radius 2 is 2.27 bits per heavy atom. The molecule has 8 nitrogen and oxygen atoms in total. The van der Waals surface area contributed by atoms with Crippen molar-refractivity contribution in [3.63, 3.8) is 0 Å². The van der Waals surface area contributed by atoms with Gasteiger partial charge in [-0.15, -0.1) is 10.2 Å². The highest BCUT2D eigenvalue weighted by Crippen LogP contribution is 2.34. The standard InChI is InChI=1S/C13H14N6O2S/c1-2-18-12(5-6-14)16-17-13(18)22-11-4-3-9(8-15)7-10(11)19(20)21/h3-4,7H,2,5-6,14H2,1H3. The highest BCUT2D eigenvalue weighted by atomic mass is 32.2. The van der Waals surface area contributed by atoms with Gasteiger partial charge in [0.1, 0.15) is 5.82 Å². The van der Waals surface area contributed by atoms with E-state index in [2.05, 4.69) is 10.2 Å². The summed E-state index contributed by atoms with van der Waals surface area (Å²) < 4.78 is 1.87. The molecule has 0 aliphatic rings. The Hall–Kier alpha value is -2.44. The van der Waals surface area contributed by atoms with Crippen LogP contribution in [-0.4, -0.2) is 26.2 Å². The molecule has 0 fully saturated rings. The van der Waals surface area contributed by atoms with Gasteiger partial charge in [-0.25, -0.2) is 0 Å². The Morgan fingerprint density at radius 3 is 2.86 bits per heavy atom. The number of nitrogens with two attached hydrogens (primary N) is 1. The molecule has 0 radical (unpaired) electrons. The van der Waals surface area contributed by atoms with E-state index in [9.17, 15) is 10.1 Å². The van der Waals surface area contributed by atoms with Crippen molar-refractivity contribution in [2.75, 3.05) is 6.54 Å². The van der Waals surface area contributed by atoms with E-state index in [1.165, 1.54) is 6.07 Å². The van der Waals surface area contributed by atoms with Crippen LogP contribution in [0.3, 0.4) is 0 Å². The van der Waals surface area contributed by atoms with Crippen LogP contribution in [0.15, 0.2) is 28.3 Å². The number of nitrogens with zero attached hydrogens (tertiary/aromatic N) is 5. The molecule has 22 heavy (non-hydrogen) atoms. The van der Waals surface area contributed by atoms with E-state index in [-0.39, 0.29) is 11.3 Å². The Balaban J connectivity index is 2.39. The Morgan fingerprint density at radius 1 is 1.50 bits per heavy atom. The molecule has 0 unspecified atom stereocenters. The third kappa shape index (κ3) is 3.24. The third-order valence-electron chi connectivity index (χ3n) is 2.96. The fourth-order valence-corrected chi connectivity index (χ4v) is 2.94. The summed E-state index contributed by atoms with van der Waals surface area (Å²) in [6, 6.07) is 6.25. The van der Waals surface area contributed by atoms with Gasteiger partial charge in [0.15, 0.2) is 5.16 Å². The number of nitro groups is 1. The zero-order valence-electron chi connectivity index (χ0n) is 11.9. The van der Waals surface area contributed by atoms with Gasteiger partial charge in [-0.1, -0.05) is 0 Å². The maximum Gasteiger partial charge on any atom is 0.284 e. The monoisotopic (exact) mass is 318 g/mol. The van der Waals surface area contributed by atoms with Crippen molar-refractivity contribution in [1.82, 2.24) is 14.8 Å². The number of benzene rings is 1. The largest absolute Gasteiger partial charge is 0.330 e. The average Bonchev–Trinajstić information content (AvgIpc) is 2.89. The Labute approximate surface area is 131 Å². The maximum atomic E-state index is 11.2. The van der Waals surface area contributed by atoms with E-state index >= 15 is 0 Å². The van der Waals surface area contributed by atoms with E-state index in [1.54, 1.807) is 12.1 Å². The molecule has 0 bridgehead atoms. The zero-order chi connectivity index (χ0) is 16.1. The Bertz CT molecular complexity index is 737. The second kappa shape index (κ2) is 7.02. The third-order valence-corrected chi connectivity index (χ3v) is 4.01. The van der Waals surface area contributed by atoms with Gasteiger partial charge >= 0.3 is 0 Å². The van der Waals surface area contributed by atoms with Gasteiger partial charge in [0.05, 0.1) is 21.5 Å². The highest BCUT2D eigenvalue weighted by molar-refractivity contribution is 7.99. The van der Waals surface area contributed by atoms with Crippen LogP contribution in [0.25, 0.3) is 0 Å². The lowest BCUT2D eigenvalue weighted by molar-refractivity contribution is -0.387. The van der Waals surface area contributed by atoms with Gasteiger partial charge in [0.25, 0.3) is 5.69 Å². The van der Waals surface area contributed by atoms with Crippen molar-refractivity contribution < 1.29 is 4.92 Å². The van der Waals surface area contributed by atoms with Crippen molar-refractivity contribution in [3.05, 3.63) is 39.7 Å². The summed E-state index contributed by atoms with van der Waals surface area (Å²) in [5, 5.41) is 28.7. The summed E-state index contributed by atoms with van der Waals surface area (Å²) in [5.41, 5.74) is 5.67. The van der Waals surface area contributed by atoms with Crippen LogP contribution in [0.4, 0.5) is 5.69 Å². The summed E-state index contributed by atoms with van der Waals surface area (Å²) >= 11 is 1.16. The van der Waals surface area contributed by atoms with Gasteiger partial charge < -0.3 is 10.3 Å². The lowest BCUT2D eigenvalue weighted by atomic mass is 10.2. The highest BCUT2D eigenvalue weighted by Gasteiger charge is 2.19. The first-order chi connectivity index (χ1) is 10.6. The van der Waals surface area contributed by atoms with Crippen LogP contribution in [0.1, 0.15) is 18.3 Å². The number of nitro benzene ring substituents is 1. The summed E-state index contributed by atoms with van der Waals surface area (Å²) in [4.78, 5) is 11.1. The molecule has 0 aliphatic carbocycles. The van der Waals surface area contributed by atoms with Crippen molar-refractivity contribution in [3.8, 4) is 6.07 Å². The molecular formula is C13H14N6O2S. The fourth-order valence-electron chi connectivity index (χ4n) is 1.94. The number of hydrogen-bond donors (Lipinski definition) is 1. The molecule has 0 amide bonds. The van der Waals surface area contributed by atoms with Crippen LogP contribution in [0.5, 0.6) is 0 Å². The van der Waals surface area contributed by atoms with Crippen LogP contribution in [0.2, 0.25) is 0 Å². The van der Waals surface area contributed by atoms with Gasteiger partial charge in [-0.3, -0.25) is 10.1 Å². The molecule has 2 rings (SSSR count). The van der Waals surface area contributed by atoms with Crippen molar-refractivity contribution in [1.29, 1.82) is 5.26 Å². The van der Waals surface area contributed by atoms with Crippen molar-refractivity contribution in [2.45, 2.75) is 29.9 Å². The van der Waals surface area contributed by atoms with Gasteiger partial charge in [0.2, 0.25) is 0 Å². The Kier molecular flexibility index (Phi) is 5.08. The van der Waals surface area contributed by atoms with E-state index in [0.717, 1.165) is 17.6 Å². The minimum Gasteiger partial charge on any atom is -0.330 e. The molecule has 1 aromatic heterocycles. The maximum absolute atomic E-state index is 11.2. The first-order valence-electron chi connectivity index (χ1n) is 6.59. The van der Waals surface area contributed by atoms with Crippen LogP contribution in [0, 0.1) is 21.4 Å². The number of aromatic nitrogens is 3. The molecule has 9 heteroatoms. The smallest absolute Gasteiger partial charge is 0.284 e. The molecular weight excluding hydrogens is 304 g/mol. The molecule has 0 saturated carbocycles. The van der Waals surface area contributed by atoms with E-state index < -0.39 is 4.92 Å². The first kappa shape index (κ1) is 15.9. The minimum absolute atomic E-state index is 0.116. The second-order valence-corrected chi connectivity index (χ2v) is 5.34. The fraction of sp³-hybridized carbons (Fsp3) is 0.308. The molecule has 0 spiro atoms. The molecule has 1 heterocycles. The van der Waals surface area contributed by atoms with Crippen molar-refractivity contribution in [2.24, 2.45) is 5.73 Å². The molecule has 0 atom stereocenters. The van der Waals surface area contributed by atoms with E-state index in [4.69, 9.17) is 11.0 Å². The van der Waals surface area contributed by atoms with Crippen LogP contribution < -0.4 is 5.73 Å². The average molecular weight is 318 g/mol. The molecule has 0 aliphatic heterocycles. The molecule has 0 saturated heterocycles. The summed E-state index contributed by atoms with van der Waals surface area (Å²) in [6.07, 6.45) is 0.594. The van der Waals surface area contributed by atoms with Gasteiger partial charge in [-0.2, -0.15) is 5.26 Å².